The quantitative estimate of drug-likeness (QED) is 0.755. The van der Waals surface area contributed by atoms with E-state index in [1.807, 2.05) is 13.0 Å². The standard InChI is InChI=1S/C11H19NO/c1-4-6-10(12-5-2)11-8-7-9(3)13-11/h7-8,10,12H,4-6H2,1-3H3. The molecule has 1 aromatic rings. The summed E-state index contributed by atoms with van der Waals surface area (Å²) in [5.74, 6) is 2.07. The Balaban J connectivity index is 2.63. The molecule has 13 heavy (non-hydrogen) atoms. The van der Waals surface area contributed by atoms with Crippen LogP contribution in [0.4, 0.5) is 0 Å². The van der Waals surface area contributed by atoms with Crippen molar-refractivity contribution in [1.82, 2.24) is 5.32 Å². The van der Waals surface area contributed by atoms with Gasteiger partial charge in [-0.15, -0.1) is 0 Å². The van der Waals surface area contributed by atoms with Crippen molar-refractivity contribution in [3.8, 4) is 0 Å². The van der Waals surface area contributed by atoms with E-state index in [4.69, 9.17) is 4.42 Å². The van der Waals surface area contributed by atoms with Gasteiger partial charge in [0, 0.05) is 0 Å². The van der Waals surface area contributed by atoms with Gasteiger partial charge in [-0.05, 0) is 32.0 Å². The van der Waals surface area contributed by atoms with Crippen LogP contribution in [0.25, 0.3) is 0 Å². The zero-order valence-corrected chi connectivity index (χ0v) is 8.76. The lowest BCUT2D eigenvalue weighted by Crippen LogP contribution is -2.20. The predicted octanol–water partition coefficient (Wildman–Crippen LogP) is 3.04. The maximum Gasteiger partial charge on any atom is 0.121 e. The van der Waals surface area contributed by atoms with Crippen LogP contribution >= 0.6 is 0 Å². The Bertz CT molecular complexity index is 236. The minimum absolute atomic E-state index is 0.392. The van der Waals surface area contributed by atoms with E-state index in [0.29, 0.717) is 6.04 Å². The molecular formula is C11H19NO. The minimum Gasteiger partial charge on any atom is -0.465 e. The SMILES string of the molecule is CCCC(NCC)c1ccc(C)o1. The van der Waals surface area contributed by atoms with E-state index >= 15 is 0 Å². The maximum absolute atomic E-state index is 5.59. The molecule has 74 valence electrons. The van der Waals surface area contributed by atoms with E-state index in [0.717, 1.165) is 24.5 Å². The molecule has 1 aromatic heterocycles. The average Bonchev–Trinajstić information content (AvgIpc) is 2.51. The maximum atomic E-state index is 5.59. The van der Waals surface area contributed by atoms with Crippen LogP contribution in [0.5, 0.6) is 0 Å². The fourth-order valence-corrected chi connectivity index (χ4v) is 1.52. The second-order valence-corrected chi connectivity index (χ2v) is 3.35. The van der Waals surface area contributed by atoms with E-state index in [2.05, 4.69) is 25.2 Å². The van der Waals surface area contributed by atoms with Crippen molar-refractivity contribution in [1.29, 1.82) is 0 Å². The third kappa shape index (κ3) is 2.88. The van der Waals surface area contributed by atoms with Crippen LogP contribution in [0, 0.1) is 6.92 Å². The second kappa shape index (κ2) is 5.07. The highest BCUT2D eigenvalue weighted by atomic mass is 16.3. The summed E-state index contributed by atoms with van der Waals surface area (Å²) in [5.41, 5.74) is 0. The summed E-state index contributed by atoms with van der Waals surface area (Å²) in [4.78, 5) is 0. The Morgan fingerprint density at radius 2 is 2.15 bits per heavy atom. The van der Waals surface area contributed by atoms with Gasteiger partial charge in [-0.1, -0.05) is 20.3 Å². The smallest absolute Gasteiger partial charge is 0.121 e. The molecule has 1 heterocycles. The molecule has 0 saturated carbocycles. The van der Waals surface area contributed by atoms with Gasteiger partial charge in [-0.3, -0.25) is 0 Å². The summed E-state index contributed by atoms with van der Waals surface area (Å²) in [5, 5.41) is 3.42. The Morgan fingerprint density at radius 3 is 2.62 bits per heavy atom. The van der Waals surface area contributed by atoms with E-state index in [1.54, 1.807) is 0 Å². The summed E-state index contributed by atoms with van der Waals surface area (Å²) in [7, 11) is 0. The molecule has 0 aliphatic heterocycles. The van der Waals surface area contributed by atoms with Crippen molar-refractivity contribution in [3.63, 3.8) is 0 Å². The molecule has 0 saturated heterocycles. The first-order valence-corrected chi connectivity index (χ1v) is 5.07. The minimum atomic E-state index is 0.392. The van der Waals surface area contributed by atoms with Crippen LogP contribution in [0.3, 0.4) is 0 Å². The van der Waals surface area contributed by atoms with Gasteiger partial charge in [0.15, 0.2) is 0 Å². The highest BCUT2D eigenvalue weighted by Crippen LogP contribution is 2.20. The lowest BCUT2D eigenvalue weighted by atomic mass is 10.1. The van der Waals surface area contributed by atoms with E-state index < -0.39 is 0 Å². The molecule has 0 fully saturated rings. The van der Waals surface area contributed by atoms with Crippen LogP contribution in [0.1, 0.15) is 44.3 Å². The summed E-state index contributed by atoms with van der Waals surface area (Å²) in [6.07, 6.45) is 2.32. The molecule has 0 aliphatic carbocycles. The number of hydrogen-bond donors (Lipinski definition) is 1. The van der Waals surface area contributed by atoms with Gasteiger partial charge in [0.25, 0.3) is 0 Å². The van der Waals surface area contributed by atoms with Gasteiger partial charge in [-0.2, -0.15) is 0 Å². The van der Waals surface area contributed by atoms with Gasteiger partial charge < -0.3 is 9.73 Å². The summed E-state index contributed by atoms with van der Waals surface area (Å²) >= 11 is 0. The zero-order chi connectivity index (χ0) is 9.68. The summed E-state index contributed by atoms with van der Waals surface area (Å²) < 4.78 is 5.59. The molecule has 1 atom stereocenters. The number of nitrogens with one attached hydrogen (secondary N) is 1. The third-order valence-corrected chi connectivity index (χ3v) is 2.13. The number of rotatable bonds is 5. The molecule has 1 rings (SSSR count). The molecule has 1 N–H and O–H groups in total. The fraction of sp³-hybridized carbons (Fsp3) is 0.636. The molecule has 0 spiro atoms. The van der Waals surface area contributed by atoms with Crippen LogP contribution in [0.2, 0.25) is 0 Å². The second-order valence-electron chi connectivity index (χ2n) is 3.35. The predicted molar refractivity (Wildman–Crippen MR) is 54.8 cm³/mol. The van der Waals surface area contributed by atoms with Crippen molar-refractivity contribution in [2.45, 2.75) is 39.7 Å². The largest absolute Gasteiger partial charge is 0.465 e. The first-order chi connectivity index (χ1) is 6.27. The van der Waals surface area contributed by atoms with Crippen LogP contribution < -0.4 is 5.32 Å². The molecule has 0 aliphatic rings. The van der Waals surface area contributed by atoms with Gasteiger partial charge in [-0.25, -0.2) is 0 Å². The molecule has 0 radical (unpaired) electrons. The van der Waals surface area contributed by atoms with Gasteiger partial charge >= 0.3 is 0 Å². The lowest BCUT2D eigenvalue weighted by Gasteiger charge is -2.13. The van der Waals surface area contributed by atoms with Crippen LogP contribution in [0.15, 0.2) is 16.5 Å². The van der Waals surface area contributed by atoms with Crippen molar-refractivity contribution < 1.29 is 4.42 Å². The first-order valence-electron chi connectivity index (χ1n) is 5.07. The molecule has 2 heteroatoms. The molecular weight excluding hydrogens is 162 g/mol. The van der Waals surface area contributed by atoms with Crippen LogP contribution in [-0.4, -0.2) is 6.54 Å². The highest BCUT2D eigenvalue weighted by Gasteiger charge is 2.11. The Hall–Kier alpha value is -0.760. The number of furan rings is 1. The molecule has 2 nitrogen and oxygen atoms in total. The molecule has 1 unspecified atom stereocenters. The Morgan fingerprint density at radius 1 is 1.38 bits per heavy atom. The highest BCUT2D eigenvalue weighted by molar-refractivity contribution is 5.09. The van der Waals surface area contributed by atoms with Gasteiger partial charge in [0.05, 0.1) is 6.04 Å². The van der Waals surface area contributed by atoms with Crippen molar-refractivity contribution in [3.05, 3.63) is 23.7 Å². The topological polar surface area (TPSA) is 25.2 Å². The lowest BCUT2D eigenvalue weighted by molar-refractivity contribution is 0.388. The monoisotopic (exact) mass is 181 g/mol. The molecule has 0 aromatic carbocycles. The zero-order valence-electron chi connectivity index (χ0n) is 8.76. The van der Waals surface area contributed by atoms with Crippen molar-refractivity contribution in [2.75, 3.05) is 6.54 Å². The van der Waals surface area contributed by atoms with E-state index in [1.165, 1.54) is 6.42 Å². The Labute approximate surface area is 80.3 Å². The first kappa shape index (κ1) is 10.3. The molecule has 0 bridgehead atoms. The Kier molecular flexibility index (Phi) is 4.03. The van der Waals surface area contributed by atoms with E-state index in [9.17, 15) is 0 Å². The molecule has 0 amide bonds. The summed E-state index contributed by atoms with van der Waals surface area (Å²) in [6.45, 7) is 7.29. The van der Waals surface area contributed by atoms with Crippen molar-refractivity contribution in [2.24, 2.45) is 0 Å². The van der Waals surface area contributed by atoms with E-state index in [-0.39, 0.29) is 0 Å². The van der Waals surface area contributed by atoms with Crippen LogP contribution in [-0.2, 0) is 0 Å². The van der Waals surface area contributed by atoms with Gasteiger partial charge in [0.2, 0.25) is 0 Å². The van der Waals surface area contributed by atoms with Crippen molar-refractivity contribution >= 4 is 0 Å². The number of hydrogen-bond acceptors (Lipinski definition) is 2. The number of aryl methyl sites for hydroxylation is 1. The fourth-order valence-electron chi connectivity index (χ4n) is 1.52. The summed E-state index contributed by atoms with van der Waals surface area (Å²) in [6, 6.07) is 4.48. The average molecular weight is 181 g/mol. The van der Waals surface area contributed by atoms with Gasteiger partial charge in [0.1, 0.15) is 11.5 Å². The third-order valence-electron chi connectivity index (χ3n) is 2.13. The normalized spacial score (nSPS) is 13.2.